The van der Waals surface area contributed by atoms with E-state index in [0.717, 1.165) is 17.6 Å². The third kappa shape index (κ3) is 9.41. The van der Waals surface area contributed by atoms with Crippen LogP contribution in [0.3, 0.4) is 0 Å². The van der Waals surface area contributed by atoms with Crippen molar-refractivity contribution >= 4 is 5.97 Å². The molecule has 0 fully saturated rings. The molecular weight excluding hydrogens is 473 g/mol. The number of rotatable bonds is 9. The van der Waals surface area contributed by atoms with E-state index in [2.05, 4.69) is 4.74 Å². The Morgan fingerprint density at radius 2 is 1.94 bits per heavy atom. The summed E-state index contributed by atoms with van der Waals surface area (Å²) in [5.74, 6) is 0.0535. The van der Waals surface area contributed by atoms with Gasteiger partial charge < -0.3 is 18.9 Å². The summed E-state index contributed by atoms with van der Waals surface area (Å²) in [6, 6.07) is 0. The molecule has 0 aromatic rings. The van der Waals surface area contributed by atoms with Crippen LogP contribution >= 0.6 is 0 Å². The predicted octanol–water partition coefficient (Wildman–Crippen LogP) is 6.69. The molecular formula is C28H31F3O5. The van der Waals surface area contributed by atoms with Crippen molar-refractivity contribution in [3.8, 4) is 0 Å². The minimum absolute atomic E-state index is 0.162. The molecule has 3 rings (SSSR count). The highest BCUT2D eigenvalue weighted by molar-refractivity contribution is 5.69. The van der Waals surface area contributed by atoms with Gasteiger partial charge in [-0.25, -0.2) is 0 Å². The number of ether oxygens (including phenoxy) is 4. The SMILES string of the molecule is COC(=O)CC/C1=C/C=CC(OCC2=CCC(C)(OC3=CC=C(OC(F)(F)F)C=CC3)C=C2)/C=C\C1. The van der Waals surface area contributed by atoms with Crippen LogP contribution in [0.4, 0.5) is 13.2 Å². The molecule has 194 valence electrons. The van der Waals surface area contributed by atoms with Crippen LogP contribution in [0.5, 0.6) is 0 Å². The van der Waals surface area contributed by atoms with Crippen LogP contribution in [0.1, 0.15) is 39.0 Å². The highest BCUT2D eigenvalue weighted by atomic mass is 19.4. The van der Waals surface area contributed by atoms with Crippen molar-refractivity contribution in [3.05, 3.63) is 95.6 Å². The van der Waals surface area contributed by atoms with E-state index < -0.39 is 12.0 Å². The molecule has 0 bridgehead atoms. The number of hydrogen-bond acceptors (Lipinski definition) is 5. The zero-order chi connectivity index (χ0) is 26.0. The van der Waals surface area contributed by atoms with Crippen molar-refractivity contribution in [1.29, 1.82) is 0 Å². The molecule has 3 aliphatic rings. The Labute approximate surface area is 209 Å². The summed E-state index contributed by atoms with van der Waals surface area (Å²) in [6.07, 6.45) is 19.4. The topological polar surface area (TPSA) is 54.0 Å². The van der Waals surface area contributed by atoms with Gasteiger partial charge in [0.2, 0.25) is 0 Å². The second kappa shape index (κ2) is 12.6. The van der Waals surface area contributed by atoms with Crippen LogP contribution < -0.4 is 0 Å². The van der Waals surface area contributed by atoms with Crippen molar-refractivity contribution in [2.45, 2.75) is 57.1 Å². The molecule has 0 heterocycles. The normalized spacial score (nSPS) is 26.3. The van der Waals surface area contributed by atoms with Gasteiger partial charge >= 0.3 is 12.3 Å². The first-order valence-electron chi connectivity index (χ1n) is 11.8. The highest BCUT2D eigenvalue weighted by Gasteiger charge is 2.32. The van der Waals surface area contributed by atoms with Gasteiger partial charge in [0, 0.05) is 19.3 Å². The summed E-state index contributed by atoms with van der Waals surface area (Å²) < 4.78 is 58.1. The van der Waals surface area contributed by atoms with Crippen molar-refractivity contribution in [2.24, 2.45) is 0 Å². The summed E-state index contributed by atoms with van der Waals surface area (Å²) in [6.45, 7) is 2.35. The van der Waals surface area contributed by atoms with Gasteiger partial charge in [-0.3, -0.25) is 4.79 Å². The van der Waals surface area contributed by atoms with Gasteiger partial charge in [0.15, 0.2) is 0 Å². The maximum atomic E-state index is 12.4. The lowest BCUT2D eigenvalue weighted by molar-refractivity contribution is -0.303. The number of hydrogen-bond donors (Lipinski definition) is 0. The molecule has 3 aliphatic carbocycles. The summed E-state index contributed by atoms with van der Waals surface area (Å²) in [5, 5.41) is 0. The second-order valence-corrected chi connectivity index (χ2v) is 8.78. The third-order valence-electron chi connectivity index (χ3n) is 5.71. The van der Waals surface area contributed by atoms with E-state index in [1.807, 2.05) is 55.5 Å². The largest absolute Gasteiger partial charge is 0.573 e. The maximum Gasteiger partial charge on any atom is 0.573 e. The summed E-state index contributed by atoms with van der Waals surface area (Å²) in [5.41, 5.74) is 1.56. The molecule has 0 N–H and O–H groups in total. The Bertz CT molecular complexity index is 1040. The van der Waals surface area contributed by atoms with E-state index in [9.17, 15) is 18.0 Å². The standard InChI is InChI=1S/C28H31F3O5/c1-27(35-24-10-5-11-25(14-13-24)36-28(29,30)31)18-16-22(17-19-27)20-34-23-8-3-6-21(7-4-9-23)12-15-26(32)33-2/h3-6,8-9,11,13-14,16-18,23H,7,10,12,15,19-20H2,1-2H3/b8-3?,9-4-,21-6+. The molecule has 36 heavy (non-hydrogen) atoms. The molecule has 0 aromatic heterocycles. The van der Waals surface area contributed by atoms with E-state index in [4.69, 9.17) is 14.2 Å². The smallest absolute Gasteiger partial charge is 0.487 e. The average Bonchev–Trinajstić information content (AvgIpc) is 3.02. The number of carbonyl (C=O) groups is 1. The fourth-order valence-electron chi connectivity index (χ4n) is 3.74. The molecule has 0 amide bonds. The van der Waals surface area contributed by atoms with Crippen LogP contribution in [-0.2, 0) is 23.7 Å². The Balaban J connectivity index is 1.48. The van der Waals surface area contributed by atoms with E-state index in [0.29, 0.717) is 38.0 Å². The van der Waals surface area contributed by atoms with Crippen molar-refractivity contribution in [3.63, 3.8) is 0 Å². The lowest BCUT2D eigenvalue weighted by Crippen LogP contribution is -2.27. The van der Waals surface area contributed by atoms with Gasteiger partial charge in [-0.05, 0) is 49.6 Å². The molecule has 2 unspecified atom stereocenters. The Kier molecular flexibility index (Phi) is 9.58. The van der Waals surface area contributed by atoms with Gasteiger partial charge in [-0.2, -0.15) is 0 Å². The van der Waals surface area contributed by atoms with Crippen LogP contribution in [0.25, 0.3) is 0 Å². The van der Waals surface area contributed by atoms with Crippen molar-refractivity contribution in [1.82, 2.24) is 0 Å². The van der Waals surface area contributed by atoms with Crippen LogP contribution in [-0.4, -0.2) is 37.8 Å². The van der Waals surface area contributed by atoms with E-state index in [1.54, 1.807) is 6.08 Å². The fourth-order valence-corrected chi connectivity index (χ4v) is 3.74. The molecule has 0 aromatic carbocycles. The van der Waals surface area contributed by atoms with Crippen molar-refractivity contribution in [2.75, 3.05) is 13.7 Å². The van der Waals surface area contributed by atoms with Gasteiger partial charge in [-0.1, -0.05) is 54.2 Å². The van der Waals surface area contributed by atoms with Gasteiger partial charge in [0.05, 0.1) is 19.8 Å². The summed E-state index contributed by atoms with van der Waals surface area (Å²) in [4.78, 5) is 11.3. The number of halogens is 3. The van der Waals surface area contributed by atoms with Crippen LogP contribution in [0, 0.1) is 0 Å². The highest BCUT2D eigenvalue weighted by Crippen LogP contribution is 2.30. The van der Waals surface area contributed by atoms with Gasteiger partial charge in [0.25, 0.3) is 0 Å². The minimum atomic E-state index is -4.73. The molecule has 5 nitrogen and oxygen atoms in total. The molecule has 8 heteroatoms. The summed E-state index contributed by atoms with van der Waals surface area (Å²) in [7, 11) is 1.39. The van der Waals surface area contributed by atoms with E-state index in [-0.39, 0.29) is 17.8 Å². The first-order valence-corrected chi connectivity index (χ1v) is 11.8. The minimum Gasteiger partial charge on any atom is -0.487 e. The van der Waals surface area contributed by atoms with Crippen LogP contribution in [0.2, 0.25) is 0 Å². The predicted molar refractivity (Wildman–Crippen MR) is 130 cm³/mol. The lowest BCUT2D eigenvalue weighted by Gasteiger charge is -2.30. The first-order chi connectivity index (χ1) is 17.1. The number of esters is 1. The molecule has 0 saturated carbocycles. The van der Waals surface area contributed by atoms with Gasteiger partial charge in [-0.15, -0.1) is 13.2 Å². The number of alkyl halides is 3. The molecule has 0 aliphatic heterocycles. The molecule has 2 atom stereocenters. The monoisotopic (exact) mass is 504 g/mol. The fraction of sp³-hybridized carbons (Fsp3) is 0.393. The number of carbonyl (C=O) groups excluding carboxylic acids is 1. The Morgan fingerprint density at radius 3 is 2.67 bits per heavy atom. The zero-order valence-corrected chi connectivity index (χ0v) is 20.4. The van der Waals surface area contributed by atoms with Crippen LogP contribution in [0.15, 0.2) is 95.6 Å². The molecule has 0 radical (unpaired) electrons. The maximum absolute atomic E-state index is 12.4. The van der Waals surface area contributed by atoms with E-state index in [1.165, 1.54) is 25.3 Å². The lowest BCUT2D eigenvalue weighted by atomic mass is 9.93. The molecule has 0 saturated heterocycles. The third-order valence-corrected chi connectivity index (χ3v) is 5.71. The van der Waals surface area contributed by atoms with Crippen molar-refractivity contribution < 1.29 is 36.9 Å². The Hall–Kier alpha value is -3.26. The number of allylic oxidation sites excluding steroid dienone is 8. The molecule has 0 spiro atoms. The average molecular weight is 505 g/mol. The Morgan fingerprint density at radius 1 is 1.11 bits per heavy atom. The second-order valence-electron chi connectivity index (χ2n) is 8.78. The quantitative estimate of drug-likeness (QED) is 0.259. The number of methoxy groups -OCH3 is 1. The first kappa shape index (κ1) is 27.3. The summed E-state index contributed by atoms with van der Waals surface area (Å²) >= 11 is 0. The van der Waals surface area contributed by atoms with Gasteiger partial charge in [0.1, 0.15) is 17.1 Å². The van der Waals surface area contributed by atoms with E-state index >= 15 is 0 Å². The zero-order valence-electron chi connectivity index (χ0n) is 20.4.